The van der Waals surface area contributed by atoms with Gasteiger partial charge < -0.3 is 0 Å². The van der Waals surface area contributed by atoms with Crippen LogP contribution in [0.4, 0.5) is 0 Å². The molecule has 0 aromatic carbocycles. The van der Waals surface area contributed by atoms with Gasteiger partial charge in [0.2, 0.25) is 0 Å². The van der Waals surface area contributed by atoms with Gasteiger partial charge in [0.25, 0.3) is 0 Å². The molecule has 0 amide bonds. The zero-order valence-electron chi connectivity index (χ0n) is 14.2. The fraction of sp³-hybridized carbons (Fsp3) is 0.765. The van der Waals surface area contributed by atoms with Crippen molar-refractivity contribution < 1.29 is 15.8 Å². The van der Waals surface area contributed by atoms with Gasteiger partial charge in [0, 0.05) is 0 Å². The Morgan fingerprint density at radius 3 is 1.56 bits per heavy atom. The molecule has 0 heterocycles. The second-order valence-electron chi connectivity index (χ2n) is 9.73. The van der Waals surface area contributed by atoms with E-state index in [0.717, 1.165) is 0 Å². The predicted octanol–water partition coefficient (Wildman–Crippen LogP) is 6.54. The quantitative estimate of drug-likeness (QED) is 0.479. The molecule has 0 aliphatic heterocycles. The first-order chi connectivity index (χ1) is 7.61. The van der Waals surface area contributed by atoms with Gasteiger partial charge in [0.05, 0.1) is 0 Å². The summed E-state index contributed by atoms with van der Waals surface area (Å²) in [6.45, 7) is 14.2. The summed E-state index contributed by atoms with van der Waals surface area (Å²) in [5.74, 6) is 0. The van der Waals surface area contributed by atoms with E-state index in [4.69, 9.17) is 0 Å². The van der Waals surface area contributed by atoms with Crippen molar-refractivity contribution in [3.8, 4) is 0 Å². The van der Waals surface area contributed by atoms with E-state index in [-0.39, 0.29) is 5.41 Å². The third-order valence-electron chi connectivity index (χ3n) is 3.66. The van der Waals surface area contributed by atoms with Crippen LogP contribution in [0.5, 0.6) is 0 Å². The summed E-state index contributed by atoms with van der Waals surface area (Å²) in [5, 5.41) is 10.3. The molecule has 0 spiro atoms. The molecule has 0 fully saturated rings. The van der Waals surface area contributed by atoms with Gasteiger partial charge in [-0.2, -0.15) is 0 Å². The Morgan fingerprint density at radius 2 is 1.28 bits per heavy atom. The molecule has 0 unspecified atom stereocenters. The monoisotopic (exact) mass is 330 g/mol. The number of rotatable bonds is 1. The third kappa shape index (κ3) is 3.40. The molecular formula is C17H33Nb. The van der Waals surface area contributed by atoms with Gasteiger partial charge >= 0.3 is 116 Å². The first-order valence-electron chi connectivity index (χ1n) is 7.06. The van der Waals surface area contributed by atoms with E-state index in [1.807, 2.05) is 0 Å². The van der Waals surface area contributed by atoms with Crippen LogP contribution in [-0.2, 0) is 15.8 Å². The van der Waals surface area contributed by atoms with Crippen LogP contribution in [0.3, 0.4) is 0 Å². The fourth-order valence-electron chi connectivity index (χ4n) is 2.90. The van der Waals surface area contributed by atoms with E-state index in [1.54, 1.807) is 14.9 Å². The zero-order valence-corrected chi connectivity index (χ0v) is 16.4. The fourth-order valence-corrected chi connectivity index (χ4v) is 10.0. The van der Waals surface area contributed by atoms with Gasteiger partial charge in [0.1, 0.15) is 0 Å². The molecule has 0 bridgehead atoms. The summed E-state index contributed by atoms with van der Waals surface area (Å²) >= 11 is -2.58. The van der Waals surface area contributed by atoms with Crippen molar-refractivity contribution in [3.05, 3.63) is 21.0 Å². The van der Waals surface area contributed by atoms with Crippen LogP contribution in [0.25, 0.3) is 0 Å². The van der Waals surface area contributed by atoms with Crippen LogP contribution in [-0.4, -0.2) is 0 Å². The van der Waals surface area contributed by atoms with E-state index in [1.165, 1.54) is 6.42 Å². The number of hydrogen-bond donors (Lipinski definition) is 0. The maximum absolute atomic E-state index is 2.58. The number of allylic oxidation sites excluding steroid dienone is 4. The Morgan fingerprint density at radius 1 is 0.833 bits per heavy atom. The van der Waals surface area contributed by atoms with Crippen LogP contribution < -0.4 is 0 Å². The minimum absolute atomic E-state index is 0.285. The van der Waals surface area contributed by atoms with E-state index >= 15 is 0 Å². The summed E-state index contributed by atoms with van der Waals surface area (Å²) in [6.07, 6.45) is 3.69. The molecule has 106 valence electrons. The predicted molar refractivity (Wildman–Crippen MR) is 82.1 cm³/mol. The first-order valence-corrected chi connectivity index (χ1v) is 17.0. The third-order valence-corrected chi connectivity index (χ3v) is 9.31. The molecule has 0 N–H and O–H groups in total. The second-order valence-corrected chi connectivity index (χ2v) is 28.4. The maximum atomic E-state index is 2.57. The molecule has 0 aromatic heterocycles. The summed E-state index contributed by atoms with van der Waals surface area (Å²) in [6, 6.07) is 0. The Balaban J connectivity index is 3.53. The van der Waals surface area contributed by atoms with Crippen LogP contribution in [0, 0.1) is 10.8 Å². The molecule has 0 nitrogen and oxygen atoms in total. The summed E-state index contributed by atoms with van der Waals surface area (Å²) in [5.41, 5.74) is 3.95. The Labute approximate surface area is 116 Å². The van der Waals surface area contributed by atoms with Gasteiger partial charge in [0.15, 0.2) is 0 Å². The van der Waals surface area contributed by atoms with Gasteiger partial charge in [-0.1, -0.05) is 0 Å². The summed E-state index contributed by atoms with van der Waals surface area (Å²) < 4.78 is 1.79. The van der Waals surface area contributed by atoms with Crippen molar-refractivity contribution in [1.82, 2.24) is 0 Å². The van der Waals surface area contributed by atoms with Gasteiger partial charge in [-0.3, -0.25) is 0 Å². The average Bonchev–Trinajstić information content (AvgIpc) is 2.40. The van der Waals surface area contributed by atoms with Crippen molar-refractivity contribution >= 4 is 0 Å². The molecule has 0 saturated heterocycles. The molecule has 1 aliphatic rings. The average molecular weight is 330 g/mol. The molecule has 0 radical (unpaired) electrons. The molecule has 18 heavy (non-hydrogen) atoms. The van der Waals surface area contributed by atoms with E-state index < -0.39 is 15.8 Å². The SMILES string of the molecule is CC(C)(C)C1=CCC(C(C)(C)C)=[C]1[Nb]([CH3])([CH3])([CH3])[CH3]. The molecule has 1 heteroatoms. The van der Waals surface area contributed by atoms with Crippen molar-refractivity contribution in [3.63, 3.8) is 0 Å². The van der Waals surface area contributed by atoms with Crippen LogP contribution >= 0.6 is 0 Å². The molecule has 0 saturated carbocycles. The van der Waals surface area contributed by atoms with E-state index in [9.17, 15) is 0 Å². The topological polar surface area (TPSA) is 0 Å². The summed E-state index contributed by atoms with van der Waals surface area (Å²) in [4.78, 5) is 0. The Hall–Kier alpha value is 0.220. The van der Waals surface area contributed by atoms with Gasteiger partial charge in [-0.25, -0.2) is 0 Å². The standard InChI is InChI=1S/C13H21.4CH3.Nb/c1-12(2,3)10-7-8-11(9-10)13(4,5)6;;;;;/h7H,8H2,1-6H3;4*1H3;. The second kappa shape index (κ2) is 4.11. The molecule has 0 atom stereocenters. The van der Waals surface area contributed by atoms with Crippen LogP contribution in [0.15, 0.2) is 21.0 Å². The van der Waals surface area contributed by atoms with Crippen molar-refractivity contribution in [2.45, 2.75) is 68.5 Å². The van der Waals surface area contributed by atoms with E-state index in [0.29, 0.717) is 5.41 Å². The molecule has 0 aromatic rings. The Kier molecular flexibility index (Phi) is 3.71. The zero-order chi connectivity index (χ0) is 14.6. The minimum atomic E-state index is -2.58. The van der Waals surface area contributed by atoms with Crippen LogP contribution in [0.1, 0.15) is 48.0 Å². The van der Waals surface area contributed by atoms with Gasteiger partial charge in [-0.15, -0.1) is 0 Å². The number of hydrogen-bond acceptors (Lipinski definition) is 0. The molecule has 1 rings (SSSR count). The first kappa shape index (κ1) is 16.3. The Bertz CT molecular complexity index is 402. The van der Waals surface area contributed by atoms with Gasteiger partial charge in [-0.05, 0) is 0 Å². The summed E-state index contributed by atoms with van der Waals surface area (Å²) in [7, 11) is 0. The van der Waals surface area contributed by atoms with Crippen molar-refractivity contribution in [2.75, 3.05) is 0 Å². The van der Waals surface area contributed by atoms with E-state index in [2.05, 4.69) is 68.2 Å². The normalized spacial score (nSPS) is 20.8. The molecular weight excluding hydrogens is 297 g/mol. The van der Waals surface area contributed by atoms with Crippen LogP contribution in [0.2, 0.25) is 20.6 Å². The van der Waals surface area contributed by atoms with Crippen molar-refractivity contribution in [2.24, 2.45) is 10.8 Å². The molecule has 1 aliphatic carbocycles. The van der Waals surface area contributed by atoms with Crippen molar-refractivity contribution in [1.29, 1.82) is 0 Å².